The third-order valence-corrected chi connectivity index (χ3v) is 4.03. The number of aliphatic imine (C=N–C) groups is 1. The molecule has 0 aliphatic heterocycles. The lowest BCUT2D eigenvalue weighted by Gasteiger charge is -2.13. The molecule has 1 aliphatic carbocycles. The fourth-order valence-electron chi connectivity index (χ4n) is 2.33. The Balaban J connectivity index is 1.70. The van der Waals surface area contributed by atoms with Gasteiger partial charge in [-0.1, -0.05) is 12.1 Å². The molecule has 24 heavy (non-hydrogen) atoms. The van der Waals surface area contributed by atoms with Gasteiger partial charge in [-0.2, -0.15) is 0 Å². The van der Waals surface area contributed by atoms with Crippen LogP contribution in [0, 0.1) is 5.92 Å². The van der Waals surface area contributed by atoms with Crippen molar-refractivity contribution in [1.82, 2.24) is 10.6 Å². The first kappa shape index (κ1) is 18.6. The van der Waals surface area contributed by atoms with Crippen molar-refractivity contribution in [3.05, 3.63) is 29.8 Å². The van der Waals surface area contributed by atoms with Crippen LogP contribution in [0.15, 0.2) is 29.3 Å². The Labute approximate surface area is 146 Å². The third-order valence-electron chi connectivity index (χ3n) is 4.03. The second kappa shape index (κ2) is 10.2. The number of hydrogen-bond donors (Lipinski definition) is 2. The summed E-state index contributed by atoms with van der Waals surface area (Å²) < 4.78 is 5.65. The zero-order valence-electron chi connectivity index (χ0n) is 15.3. The molecule has 0 spiro atoms. The highest BCUT2D eigenvalue weighted by molar-refractivity contribution is 5.79. The molecule has 1 aromatic rings. The topological polar surface area (TPSA) is 48.9 Å². The zero-order valence-corrected chi connectivity index (χ0v) is 15.3. The molecule has 0 aromatic heterocycles. The molecule has 5 nitrogen and oxygen atoms in total. The summed E-state index contributed by atoms with van der Waals surface area (Å²) in [5, 5.41) is 6.67. The normalized spacial score (nSPS) is 14.5. The molecule has 0 unspecified atom stereocenters. The van der Waals surface area contributed by atoms with Gasteiger partial charge in [-0.25, -0.2) is 4.99 Å². The van der Waals surface area contributed by atoms with Gasteiger partial charge in [0.1, 0.15) is 0 Å². The Bertz CT molecular complexity index is 495. The summed E-state index contributed by atoms with van der Waals surface area (Å²) in [5.74, 6) is 1.71. The predicted molar refractivity (Wildman–Crippen MR) is 102 cm³/mol. The second-order valence-corrected chi connectivity index (χ2v) is 6.55. The van der Waals surface area contributed by atoms with E-state index in [9.17, 15) is 0 Å². The minimum absolute atomic E-state index is 0.682. The lowest BCUT2D eigenvalue weighted by Crippen LogP contribution is -2.38. The van der Waals surface area contributed by atoms with E-state index in [1.54, 1.807) is 0 Å². The minimum Gasteiger partial charge on any atom is -0.381 e. The molecule has 5 heteroatoms. The fraction of sp³-hybridized carbons (Fsp3) is 0.632. The van der Waals surface area contributed by atoms with Gasteiger partial charge in [0.05, 0.1) is 6.54 Å². The first-order chi connectivity index (χ1) is 11.7. The van der Waals surface area contributed by atoms with Crippen molar-refractivity contribution in [3.8, 4) is 0 Å². The van der Waals surface area contributed by atoms with Crippen molar-refractivity contribution in [1.29, 1.82) is 0 Å². The van der Waals surface area contributed by atoms with E-state index in [-0.39, 0.29) is 0 Å². The zero-order chi connectivity index (χ0) is 17.2. The molecule has 2 rings (SSSR count). The first-order valence-corrected chi connectivity index (χ1v) is 9.05. The molecule has 1 aromatic carbocycles. The smallest absolute Gasteiger partial charge is 0.191 e. The van der Waals surface area contributed by atoms with E-state index in [1.165, 1.54) is 24.1 Å². The summed E-state index contributed by atoms with van der Waals surface area (Å²) in [7, 11) is 4.10. The summed E-state index contributed by atoms with van der Waals surface area (Å²) in [6, 6.07) is 8.52. The lowest BCUT2D eigenvalue weighted by atomic mass is 10.2. The van der Waals surface area contributed by atoms with E-state index in [2.05, 4.69) is 65.8 Å². The Morgan fingerprint density at radius 1 is 1.21 bits per heavy atom. The number of nitrogens with zero attached hydrogens (tertiary/aromatic N) is 2. The van der Waals surface area contributed by atoms with Crippen LogP contribution in [0.3, 0.4) is 0 Å². The Hall–Kier alpha value is -1.75. The standard InChI is InChI=1S/C19H32N4O/c1-4-20-19(21-12-5-13-24-15-17-6-7-17)22-14-16-8-10-18(11-9-16)23(2)3/h8-11,17H,4-7,12-15H2,1-3H3,(H2,20,21,22). The average molecular weight is 332 g/mol. The van der Waals surface area contributed by atoms with E-state index < -0.39 is 0 Å². The van der Waals surface area contributed by atoms with E-state index in [0.29, 0.717) is 6.54 Å². The Morgan fingerprint density at radius 2 is 1.96 bits per heavy atom. The summed E-state index contributed by atoms with van der Waals surface area (Å²) in [6.45, 7) is 6.29. The third kappa shape index (κ3) is 7.21. The van der Waals surface area contributed by atoms with E-state index >= 15 is 0 Å². The van der Waals surface area contributed by atoms with Crippen molar-refractivity contribution in [2.75, 3.05) is 45.3 Å². The number of ether oxygens (including phenoxy) is 1. The lowest BCUT2D eigenvalue weighted by molar-refractivity contribution is 0.123. The van der Waals surface area contributed by atoms with Crippen molar-refractivity contribution >= 4 is 11.6 Å². The van der Waals surface area contributed by atoms with E-state index in [0.717, 1.165) is 44.6 Å². The maximum atomic E-state index is 5.65. The van der Waals surface area contributed by atoms with Gasteiger partial charge < -0.3 is 20.3 Å². The molecule has 0 bridgehead atoms. The van der Waals surface area contributed by atoms with Gasteiger partial charge in [0, 0.05) is 46.1 Å². The van der Waals surface area contributed by atoms with Crippen LogP contribution < -0.4 is 15.5 Å². The fourth-order valence-corrected chi connectivity index (χ4v) is 2.33. The van der Waals surface area contributed by atoms with Gasteiger partial charge in [-0.05, 0) is 49.8 Å². The van der Waals surface area contributed by atoms with Gasteiger partial charge in [0.15, 0.2) is 5.96 Å². The second-order valence-electron chi connectivity index (χ2n) is 6.55. The molecule has 1 aliphatic rings. The average Bonchev–Trinajstić information content (AvgIpc) is 3.40. The van der Waals surface area contributed by atoms with Crippen LogP contribution in [0.25, 0.3) is 0 Å². The molecule has 1 fully saturated rings. The Morgan fingerprint density at radius 3 is 2.58 bits per heavy atom. The predicted octanol–water partition coefficient (Wildman–Crippen LogP) is 2.62. The molecule has 1 saturated carbocycles. The van der Waals surface area contributed by atoms with E-state index in [4.69, 9.17) is 4.74 Å². The van der Waals surface area contributed by atoms with E-state index in [1.807, 2.05) is 0 Å². The first-order valence-electron chi connectivity index (χ1n) is 9.05. The number of benzene rings is 1. The van der Waals surface area contributed by atoms with Crippen LogP contribution >= 0.6 is 0 Å². The van der Waals surface area contributed by atoms with Gasteiger partial charge in [-0.15, -0.1) is 0 Å². The highest BCUT2D eigenvalue weighted by Gasteiger charge is 2.20. The number of hydrogen-bond acceptors (Lipinski definition) is 3. The molecule has 0 amide bonds. The van der Waals surface area contributed by atoms with Crippen molar-refractivity contribution < 1.29 is 4.74 Å². The summed E-state index contributed by atoms with van der Waals surface area (Å²) in [6.07, 6.45) is 3.71. The maximum Gasteiger partial charge on any atom is 0.191 e. The van der Waals surface area contributed by atoms with Crippen molar-refractivity contribution in [3.63, 3.8) is 0 Å². The highest BCUT2D eigenvalue weighted by Crippen LogP contribution is 2.28. The molecule has 0 saturated heterocycles. The van der Waals surface area contributed by atoms with Crippen LogP contribution in [-0.2, 0) is 11.3 Å². The molecule has 0 heterocycles. The summed E-state index contributed by atoms with van der Waals surface area (Å²) in [4.78, 5) is 6.76. The molecular weight excluding hydrogens is 300 g/mol. The number of nitrogens with one attached hydrogen (secondary N) is 2. The van der Waals surface area contributed by atoms with Crippen molar-refractivity contribution in [2.24, 2.45) is 10.9 Å². The van der Waals surface area contributed by atoms with Crippen molar-refractivity contribution in [2.45, 2.75) is 32.7 Å². The summed E-state index contributed by atoms with van der Waals surface area (Å²) in [5.41, 5.74) is 2.42. The van der Waals surface area contributed by atoms with Crippen LogP contribution in [0.1, 0.15) is 31.7 Å². The molecule has 0 atom stereocenters. The molecule has 0 radical (unpaired) electrons. The van der Waals surface area contributed by atoms with Crippen LogP contribution in [0.5, 0.6) is 0 Å². The quantitative estimate of drug-likeness (QED) is 0.393. The molecule has 134 valence electrons. The highest BCUT2D eigenvalue weighted by atomic mass is 16.5. The van der Waals surface area contributed by atoms with Crippen LogP contribution in [-0.4, -0.2) is 46.4 Å². The van der Waals surface area contributed by atoms with Crippen LogP contribution in [0.4, 0.5) is 5.69 Å². The van der Waals surface area contributed by atoms with Gasteiger partial charge >= 0.3 is 0 Å². The largest absolute Gasteiger partial charge is 0.381 e. The number of rotatable bonds is 10. The molecular formula is C19H32N4O. The number of guanidine groups is 1. The van der Waals surface area contributed by atoms with Gasteiger partial charge in [-0.3, -0.25) is 0 Å². The summed E-state index contributed by atoms with van der Waals surface area (Å²) >= 11 is 0. The Kier molecular flexibility index (Phi) is 7.89. The number of anilines is 1. The maximum absolute atomic E-state index is 5.65. The SMILES string of the molecule is CCNC(=NCc1ccc(N(C)C)cc1)NCCCOCC1CC1. The van der Waals surface area contributed by atoms with Gasteiger partial charge in [0.25, 0.3) is 0 Å². The van der Waals surface area contributed by atoms with Crippen LogP contribution in [0.2, 0.25) is 0 Å². The van der Waals surface area contributed by atoms with Gasteiger partial charge in [0.2, 0.25) is 0 Å². The minimum atomic E-state index is 0.682. The monoisotopic (exact) mass is 332 g/mol. The molecule has 2 N–H and O–H groups in total.